The van der Waals surface area contributed by atoms with Crippen molar-refractivity contribution in [2.45, 2.75) is 6.42 Å². The van der Waals surface area contributed by atoms with Gasteiger partial charge in [0.05, 0.1) is 6.42 Å². The SMILES string of the molecule is NCCC(=O)[CH][CH]C(=O)O. The molecule has 0 aliphatic carbocycles. The van der Waals surface area contributed by atoms with Crippen LogP contribution in [0.2, 0.25) is 0 Å². The van der Waals surface area contributed by atoms with Crippen molar-refractivity contribution in [1.82, 2.24) is 0 Å². The molecule has 0 saturated carbocycles. The minimum atomic E-state index is -1.12. The Hall–Kier alpha value is -0.900. The van der Waals surface area contributed by atoms with Crippen molar-refractivity contribution >= 4 is 11.8 Å². The van der Waals surface area contributed by atoms with E-state index >= 15 is 0 Å². The number of Topliss-reactive ketones (excluding diaryl/α,β-unsaturated/α-hetero) is 1. The van der Waals surface area contributed by atoms with E-state index in [0.29, 0.717) is 0 Å². The summed E-state index contributed by atoms with van der Waals surface area (Å²) in [5, 5.41) is 8.06. The number of aliphatic carboxylic acids is 1. The molecule has 10 heavy (non-hydrogen) atoms. The van der Waals surface area contributed by atoms with Crippen molar-refractivity contribution in [3.05, 3.63) is 12.8 Å². The van der Waals surface area contributed by atoms with Crippen molar-refractivity contribution in [1.29, 1.82) is 0 Å². The molecule has 0 atom stereocenters. The first kappa shape index (κ1) is 9.10. The summed E-state index contributed by atoms with van der Waals surface area (Å²) < 4.78 is 0. The van der Waals surface area contributed by atoms with Crippen LogP contribution in [0.25, 0.3) is 0 Å². The van der Waals surface area contributed by atoms with Crippen molar-refractivity contribution in [2.75, 3.05) is 6.54 Å². The molecule has 0 rings (SSSR count). The van der Waals surface area contributed by atoms with Crippen LogP contribution in [0.15, 0.2) is 0 Å². The van der Waals surface area contributed by atoms with Gasteiger partial charge in [0.25, 0.3) is 0 Å². The molecule has 0 aliphatic rings. The second-order valence-corrected chi connectivity index (χ2v) is 1.68. The van der Waals surface area contributed by atoms with Crippen LogP contribution in [0.4, 0.5) is 0 Å². The lowest BCUT2D eigenvalue weighted by molar-refractivity contribution is -0.133. The standard InChI is InChI=1S/C6H9NO3/c7-4-3-5(8)1-2-6(9)10/h1-2H,3-4,7H2,(H,9,10). The van der Waals surface area contributed by atoms with E-state index in [1.807, 2.05) is 0 Å². The number of rotatable bonds is 5. The summed E-state index contributed by atoms with van der Waals surface area (Å²) in [4.78, 5) is 20.4. The Morgan fingerprint density at radius 1 is 1.40 bits per heavy atom. The van der Waals surface area contributed by atoms with Crippen LogP contribution in [0.3, 0.4) is 0 Å². The lowest BCUT2D eigenvalue weighted by atomic mass is 10.2. The van der Waals surface area contributed by atoms with Gasteiger partial charge in [-0.3, -0.25) is 9.59 Å². The van der Waals surface area contributed by atoms with Gasteiger partial charge in [0, 0.05) is 12.8 Å². The Balaban J connectivity index is 3.30. The molecule has 0 bridgehead atoms. The summed E-state index contributed by atoms with van der Waals surface area (Å²) >= 11 is 0. The monoisotopic (exact) mass is 143 g/mol. The summed E-state index contributed by atoms with van der Waals surface area (Å²) in [6.45, 7) is 0.253. The molecular formula is C6H9NO3. The first-order valence-electron chi connectivity index (χ1n) is 2.80. The van der Waals surface area contributed by atoms with Gasteiger partial charge in [0.15, 0.2) is 0 Å². The third-order valence-electron chi connectivity index (χ3n) is 0.803. The van der Waals surface area contributed by atoms with Crippen LogP contribution < -0.4 is 5.73 Å². The third kappa shape index (κ3) is 5.24. The molecule has 56 valence electrons. The summed E-state index contributed by atoms with van der Waals surface area (Å²) in [5.41, 5.74) is 5.03. The predicted octanol–water partition coefficient (Wildman–Crippen LogP) is -0.603. The first-order chi connectivity index (χ1) is 4.66. The maximum atomic E-state index is 10.5. The van der Waals surface area contributed by atoms with Crippen molar-refractivity contribution in [3.63, 3.8) is 0 Å². The number of hydrogen-bond donors (Lipinski definition) is 2. The Bertz CT molecular complexity index is 133. The highest BCUT2D eigenvalue weighted by molar-refractivity contribution is 5.95. The molecule has 0 fully saturated rings. The van der Waals surface area contributed by atoms with Crippen LogP contribution in [0.1, 0.15) is 6.42 Å². The van der Waals surface area contributed by atoms with Crippen LogP contribution in [0, 0.1) is 12.8 Å². The number of carboxylic acids is 1. The van der Waals surface area contributed by atoms with Gasteiger partial charge in [0.2, 0.25) is 0 Å². The van der Waals surface area contributed by atoms with Crippen LogP contribution in [-0.2, 0) is 9.59 Å². The summed E-state index contributed by atoms with van der Waals surface area (Å²) in [6, 6.07) is 0. The van der Waals surface area contributed by atoms with Gasteiger partial charge >= 0.3 is 5.97 Å². The average molecular weight is 143 g/mol. The number of nitrogens with two attached hydrogens (primary N) is 1. The fraction of sp³-hybridized carbons (Fsp3) is 0.333. The Morgan fingerprint density at radius 3 is 2.40 bits per heavy atom. The second kappa shape index (κ2) is 4.93. The van der Waals surface area contributed by atoms with Crippen molar-refractivity contribution < 1.29 is 14.7 Å². The molecule has 4 nitrogen and oxygen atoms in total. The second-order valence-electron chi connectivity index (χ2n) is 1.68. The molecule has 0 unspecified atom stereocenters. The largest absolute Gasteiger partial charge is 0.481 e. The highest BCUT2D eigenvalue weighted by atomic mass is 16.4. The highest BCUT2D eigenvalue weighted by Crippen LogP contribution is 1.90. The zero-order valence-corrected chi connectivity index (χ0v) is 5.41. The van der Waals surface area contributed by atoms with Gasteiger partial charge < -0.3 is 10.8 Å². The smallest absolute Gasteiger partial charge is 0.308 e. The van der Waals surface area contributed by atoms with Crippen molar-refractivity contribution in [2.24, 2.45) is 5.73 Å². The Morgan fingerprint density at radius 2 is 2.00 bits per heavy atom. The number of hydrogen-bond acceptors (Lipinski definition) is 3. The number of carbonyl (C=O) groups is 2. The minimum Gasteiger partial charge on any atom is -0.481 e. The predicted molar refractivity (Wildman–Crippen MR) is 34.9 cm³/mol. The third-order valence-corrected chi connectivity index (χ3v) is 0.803. The van der Waals surface area contributed by atoms with Gasteiger partial charge in [-0.2, -0.15) is 0 Å². The van der Waals surface area contributed by atoms with E-state index < -0.39 is 5.97 Å². The number of carboxylic acid groups (broad SMARTS) is 1. The van der Waals surface area contributed by atoms with Gasteiger partial charge in [-0.1, -0.05) is 0 Å². The molecular weight excluding hydrogens is 134 g/mol. The minimum absolute atomic E-state index is 0.198. The quantitative estimate of drug-likeness (QED) is 0.538. The van der Waals surface area contributed by atoms with Crippen molar-refractivity contribution in [3.8, 4) is 0 Å². The lowest BCUT2D eigenvalue weighted by Gasteiger charge is -1.92. The molecule has 0 aromatic heterocycles. The van der Waals surface area contributed by atoms with Crippen LogP contribution >= 0.6 is 0 Å². The van der Waals surface area contributed by atoms with E-state index in [-0.39, 0.29) is 18.7 Å². The molecule has 0 heterocycles. The van der Waals surface area contributed by atoms with Gasteiger partial charge in [0.1, 0.15) is 5.78 Å². The molecule has 4 heteroatoms. The van der Waals surface area contributed by atoms with E-state index in [0.717, 1.165) is 12.8 Å². The molecule has 0 aromatic carbocycles. The van der Waals surface area contributed by atoms with Crippen LogP contribution in [0.5, 0.6) is 0 Å². The number of ketones is 1. The normalized spacial score (nSPS) is 9.30. The topological polar surface area (TPSA) is 80.4 Å². The molecule has 0 saturated heterocycles. The lowest BCUT2D eigenvalue weighted by Crippen LogP contribution is -2.10. The maximum Gasteiger partial charge on any atom is 0.308 e. The van der Waals surface area contributed by atoms with Gasteiger partial charge in [-0.05, 0) is 6.54 Å². The van der Waals surface area contributed by atoms with Crippen LogP contribution in [-0.4, -0.2) is 23.4 Å². The highest BCUT2D eigenvalue weighted by Gasteiger charge is 2.04. The van der Waals surface area contributed by atoms with E-state index in [4.69, 9.17) is 10.8 Å². The molecule has 2 radical (unpaired) electrons. The molecule has 0 amide bonds. The molecule has 0 aromatic rings. The maximum absolute atomic E-state index is 10.5. The van der Waals surface area contributed by atoms with Gasteiger partial charge in [-0.25, -0.2) is 0 Å². The molecule has 0 aliphatic heterocycles. The van der Waals surface area contributed by atoms with E-state index in [1.54, 1.807) is 0 Å². The fourth-order valence-electron chi connectivity index (χ4n) is 0.390. The summed E-state index contributed by atoms with van der Waals surface area (Å²) in [5.74, 6) is -1.38. The van der Waals surface area contributed by atoms with Gasteiger partial charge in [-0.15, -0.1) is 0 Å². The first-order valence-corrected chi connectivity index (χ1v) is 2.80. The Labute approximate surface area is 59.0 Å². The number of carbonyl (C=O) groups excluding carboxylic acids is 1. The molecule has 3 N–H and O–H groups in total. The summed E-state index contributed by atoms with van der Waals surface area (Å²) in [6.07, 6.45) is 2.01. The summed E-state index contributed by atoms with van der Waals surface area (Å²) in [7, 11) is 0. The van der Waals surface area contributed by atoms with E-state index in [2.05, 4.69) is 0 Å². The van der Waals surface area contributed by atoms with E-state index in [1.165, 1.54) is 0 Å². The average Bonchev–Trinajstić information content (AvgIpc) is 1.85. The molecule has 0 spiro atoms. The van der Waals surface area contributed by atoms with E-state index in [9.17, 15) is 9.59 Å². The fourth-order valence-corrected chi connectivity index (χ4v) is 0.390. The Kier molecular flexibility index (Phi) is 4.49. The zero-order valence-electron chi connectivity index (χ0n) is 5.41. The zero-order chi connectivity index (χ0) is 7.98.